The number of rotatable bonds is 4. The van der Waals surface area contributed by atoms with Crippen LogP contribution in [0.3, 0.4) is 0 Å². The summed E-state index contributed by atoms with van der Waals surface area (Å²) in [6.45, 7) is 0. The molecule has 2 aromatic heterocycles. The van der Waals surface area contributed by atoms with Gasteiger partial charge in [-0.3, -0.25) is 10.1 Å². The molecule has 0 fully saturated rings. The van der Waals surface area contributed by atoms with Gasteiger partial charge in [-0.1, -0.05) is 59.2 Å². The second-order valence-electron chi connectivity index (χ2n) is 5.44. The molecule has 1 amide bonds. The molecule has 2 aromatic carbocycles. The third kappa shape index (κ3) is 3.37. The number of benzene rings is 2. The van der Waals surface area contributed by atoms with Crippen LogP contribution in [0.25, 0.3) is 22.5 Å². The van der Waals surface area contributed by atoms with Gasteiger partial charge in [-0.15, -0.1) is 11.3 Å². The van der Waals surface area contributed by atoms with Crippen LogP contribution in [0.1, 0.15) is 10.4 Å². The first-order valence-electron chi connectivity index (χ1n) is 7.73. The molecule has 128 valence electrons. The van der Waals surface area contributed by atoms with E-state index >= 15 is 0 Å². The summed E-state index contributed by atoms with van der Waals surface area (Å²) in [4.78, 5) is 17.1. The molecule has 0 spiro atoms. The SMILES string of the molecule is O=C(Nc1nc(-c2ccc(Cl)cc2)cs1)c1conc1-c1ccccc1. The van der Waals surface area contributed by atoms with Crippen LogP contribution in [-0.4, -0.2) is 16.0 Å². The van der Waals surface area contributed by atoms with E-state index in [4.69, 9.17) is 16.1 Å². The second-order valence-corrected chi connectivity index (χ2v) is 6.74. The predicted octanol–water partition coefficient (Wildman–Crippen LogP) is 5.37. The fourth-order valence-electron chi connectivity index (χ4n) is 2.45. The van der Waals surface area contributed by atoms with Gasteiger partial charge in [0.15, 0.2) is 5.13 Å². The van der Waals surface area contributed by atoms with E-state index < -0.39 is 0 Å². The number of carbonyl (C=O) groups excluding carboxylic acids is 1. The van der Waals surface area contributed by atoms with E-state index in [1.165, 1.54) is 17.6 Å². The van der Waals surface area contributed by atoms with Crippen LogP contribution in [0, 0.1) is 0 Å². The first-order valence-corrected chi connectivity index (χ1v) is 8.99. The molecule has 26 heavy (non-hydrogen) atoms. The lowest BCUT2D eigenvalue weighted by Crippen LogP contribution is -2.12. The monoisotopic (exact) mass is 381 g/mol. The highest BCUT2D eigenvalue weighted by atomic mass is 35.5. The topological polar surface area (TPSA) is 68.0 Å². The average molecular weight is 382 g/mol. The van der Waals surface area contributed by atoms with Gasteiger partial charge in [0.2, 0.25) is 0 Å². The van der Waals surface area contributed by atoms with E-state index in [1.54, 1.807) is 12.1 Å². The van der Waals surface area contributed by atoms with Gasteiger partial charge in [0.25, 0.3) is 5.91 Å². The highest BCUT2D eigenvalue weighted by Gasteiger charge is 2.18. The molecule has 4 rings (SSSR count). The van der Waals surface area contributed by atoms with Gasteiger partial charge in [-0.05, 0) is 12.1 Å². The standard InChI is InChI=1S/C19H12ClN3O2S/c20-14-8-6-12(7-9-14)16-11-26-19(21-16)22-18(24)15-10-25-23-17(15)13-4-2-1-3-5-13/h1-11H,(H,21,22,24). The average Bonchev–Trinajstić information content (AvgIpc) is 3.32. The zero-order valence-electron chi connectivity index (χ0n) is 13.3. The lowest BCUT2D eigenvalue weighted by Gasteiger charge is -2.02. The molecule has 5 nitrogen and oxygen atoms in total. The molecule has 0 saturated carbocycles. The Hall–Kier alpha value is -2.96. The van der Waals surface area contributed by atoms with Gasteiger partial charge in [0.1, 0.15) is 17.5 Å². The summed E-state index contributed by atoms with van der Waals surface area (Å²) in [5, 5.41) is 9.79. The Labute approximate surface area is 158 Å². The van der Waals surface area contributed by atoms with Crippen molar-refractivity contribution in [2.45, 2.75) is 0 Å². The Morgan fingerprint density at radius 3 is 2.58 bits per heavy atom. The predicted molar refractivity (Wildman–Crippen MR) is 102 cm³/mol. The van der Waals surface area contributed by atoms with Crippen LogP contribution in [0.4, 0.5) is 5.13 Å². The number of amides is 1. The summed E-state index contributed by atoms with van der Waals surface area (Å²) >= 11 is 7.25. The number of carbonyl (C=O) groups is 1. The molecule has 0 atom stereocenters. The van der Waals surface area contributed by atoms with Gasteiger partial charge >= 0.3 is 0 Å². The van der Waals surface area contributed by atoms with Gasteiger partial charge in [0, 0.05) is 21.5 Å². The molecular weight excluding hydrogens is 370 g/mol. The second kappa shape index (κ2) is 7.11. The third-order valence-corrected chi connectivity index (χ3v) is 4.74. The normalized spacial score (nSPS) is 10.7. The van der Waals surface area contributed by atoms with Crippen molar-refractivity contribution < 1.29 is 9.32 Å². The molecule has 0 unspecified atom stereocenters. The lowest BCUT2D eigenvalue weighted by molar-refractivity contribution is 0.102. The number of hydrogen-bond donors (Lipinski definition) is 1. The molecule has 0 aliphatic carbocycles. The van der Waals surface area contributed by atoms with Crippen LogP contribution in [-0.2, 0) is 0 Å². The van der Waals surface area contributed by atoms with Crippen molar-refractivity contribution in [1.82, 2.24) is 10.1 Å². The van der Waals surface area contributed by atoms with Gasteiger partial charge in [0.05, 0.1) is 5.69 Å². The van der Waals surface area contributed by atoms with Crippen LogP contribution in [0.5, 0.6) is 0 Å². The van der Waals surface area contributed by atoms with E-state index in [0.717, 1.165) is 16.8 Å². The molecular formula is C19H12ClN3O2S. The highest BCUT2D eigenvalue weighted by Crippen LogP contribution is 2.27. The zero-order valence-corrected chi connectivity index (χ0v) is 14.9. The van der Waals surface area contributed by atoms with E-state index in [2.05, 4.69) is 15.5 Å². The first-order chi connectivity index (χ1) is 12.7. The quantitative estimate of drug-likeness (QED) is 0.516. The molecule has 0 radical (unpaired) electrons. The Bertz CT molecular complexity index is 1040. The highest BCUT2D eigenvalue weighted by molar-refractivity contribution is 7.14. The van der Waals surface area contributed by atoms with Crippen molar-refractivity contribution in [1.29, 1.82) is 0 Å². The lowest BCUT2D eigenvalue weighted by atomic mass is 10.1. The Morgan fingerprint density at radius 1 is 1.04 bits per heavy atom. The summed E-state index contributed by atoms with van der Waals surface area (Å²) < 4.78 is 5.00. The van der Waals surface area contributed by atoms with Crippen molar-refractivity contribution >= 4 is 34.0 Å². The van der Waals surface area contributed by atoms with Crippen molar-refractivity contribution in [3.05, 3.63) is 76.8 Å². The third-order valence-electron chi connectivity index (χ3n) is 3.73. The number of aromatic nitrogens is 2. The van der Waals surface area contributed by atoms with E-state index in [0.29, 0.717) is 21.4 Å². The first kappa shape index (κ1) is 16.5. The Balaban J connectivity index is 1.55. The smallest absolute Gasteiger partial charge is 0.263 e. The maximum atomic E-state index is 12.6. The summed E-state index contributed by atoms with van der Waals surface area (Å²) in [6.07, 6.45) is 1.34. The van der Waals surface area contributed by atoms with E-state index in [9.17, 15) is 4.79 Å². The van der Waals surface area contributed by atoms with Crippen LogP contribution in [0.15, 0.2) is 70.8 Å². The van der Waals surface area contributed by atoms with Crippen LogP contribution < -0.4 is 5.32 Å². The minimum Gasteiger partial charge on any atom is -0.363 e. The minimum absolute atomic E-state index is 0.317. The fraction of sp³-hybridized carbons (Fsp3) is 0. The van der Waals surface area contributed by atoms with Crippen LogP contribution in [0.2, 0.25) is 5.02 Å². The van der Waals surface area contributed by atoms with Crippen LogP contribution >= 0.6 is 22.9 Å². The Morgan fingerprint density at radius 2 is 1.81 bits per heavy atom. The minimum atomic E-state index is -0.317. The molecule has 1 N–H and O–H groups in total. The molecule has 0 aliphatic rings. The summed E-state index contributed by atoms with van der Waals surface area (Å²) in [5.74, 6) is -0.317. The molecule has 0 aliphatic heterocycles. The summed E-state index contributed by atoms with van der Waals surface area (Å²) in [7, 11) is 0. The van der Waals surface area contributed by atoms with Gasteiger partial charge in [-0.2, -0.15) is 0 Å². The van der Waals surface area contributed by atoms with E-state index in [-0.39, 0.29) is 5.91 Å². The maximum Gasteiger partial charge on any atom is 0.263 e. The fourth-order valence-corrected chi connectivity index (χ4v) is 3.29. The van der Waals surface area contributed by atoms with Crippen molar-refractivity contribution in [3.8, 4) is 22.5 Å². The van der Waals surface area contributed by atoms with Crippen molar-refractivity contribution in [2.24, 2.45) is 0 Å². The van der Waals surface area contributed by atoms with Gasteiger partial charge < -0.3 is 4.52 Å². The molecule has 0 saturated heterocycles. The maximum absolute atomic E-state index is 12.6. The van der Waals surface area contributed by atoms with Gasteiger partial charge in [-0.25, -0.2) is 4.98 Å². The molecule has 2 heterocycles. The number of hydrogen-bond acceptors (Lipinski definition) is 5. The molecule has 0 bridgehead atoms. The molecule has 4 aromatic rings. The Kier molecular flexibility index (Phi) is 4.51. The number of halogens is 1. The number of thiazole rings is 1. The van der Waals surface area contributed by atoms with Crippen molar-refractivity contribution in [2.75, 3.05) is 5.32 Å². The summed E-state index contributed by atoms with van der Waals surface area (Å²) in [5.41, 5.74) is 3.38. The summed E-state index contributed by atoms with van der Waals surface area (Å²) in [6, 6.07) is 16.8. The van der Waals surface area contributed by atoms with E-state index in [1.807, 2.05) is 47.8 Å². The molecule has 7 heteroatoms. The van der Waals surface area contributed by atoms with Crippen molar-refractivity contribution in [3.63, 3.8) is 0 Å². The number of nitrogens with one attached hydrogen (secondary N) is 1. The zero-order chi connectivity index (χ0) is 17.9. The largest absolute Gasteiger partial charge is 0.363 e. The number of anilines is 1. The number of nitrogens with zero attached hydrogens (tertiary/aromatic N) is 2.